The molecular formula is C17H24FN3O3. The molecule has 1 aromatic carbocycles. The van der Waals surface area contributed by atoms with E-state index in [1.54, 1.807) is 37.9 Å². The lowest BCUT2D eigenvalue weighted by Crippen LogP contribution is -2.44. The average molecular weight is 337 g/mol. The van der Waals surface area contributed by atoms with Gasteiger partial charge in [0.05, 0.1) is 6.61 Å². The first kappa shape index (κ1) is 18.0. The number of nitrogens with zero attached hydrogens (tertiary/aromatic N) is 2. The molecule has 6 nitrogen and oxygen atoms in total. The van der Waals surface area contributed by atoms with Crippen molar-refractivity contribution in [3.63, 3.8) is 0 Å². The molecule has 0 radical (unpaired) electrons. The maximum Gasteiger partial charge on any atom is 0.409 e. The van der Waals surface area contributed by atoms with Crippen LogP contribution in [-0.4, -0.2) is 54.7 Å². The van der Waals surface area contributed by atoms with E-state index in [-0.39, 0.29) is 24.0 Å². The fourth-order valence-electron chi connectivity index (χ4n) is 2.62. The highest BCUT2D eigenvalue weighted by molar-refractivity contribution is 5.74. The van der Waals surface area contributed by atoms with E-state index >= 15 is 0 Å². The summed E-state index contributed by atoms with van der Waals surface area (Å²) in [6.07, 6.45) is 0.343. The Balaban J connectivity index is 1.83. The zero-order valence-corrected chi connectivity index (χ0v) is 14.3. The zero-order valence-electron chi connectivity index (χ0n) is 14.3. The number of hydrogen-bond acceptors (Lipinski definition) is 3. The molecule has 1 heterocycles. The van der Waals surface area contributed by atoms with Crippen LogP contribution < -0.4 is 5.32 Å². The van der Waals surface area contributed by atoms with Crippen LogP contribution in [0, 0.1) is 12.7 Å². The maximum atomic E-state index is 13.6. The molecule has 1 aromatic rings. The Kier molecular flexibility index (Phi) is 6.00. The summed E-state index contributed by atoms with van der Waals surface area (Å²) in [5.41, 5.74) is 1.31. The third-order valence-electron chi connectivity index (χ3n) is 4.04. The first-order chi connectivity index (χ1) is 11.4. The lowest BCUT2D eigenvalue weighted by atomic mass is 10.1. The normalized spacial score (nSPS) is 16.8. The number of likely N-dealkylation sites (tertiary alicyclic amines) is 1. The van der Waals surface area contributed by atoms with Crippen molar-refractivity contribution in [1.82, 2.24) is 15.1 Å². The Hall–Kier alpha value is -2.31. The van der Waals surface area contributed by atoms with Crippen LogP contribution >= 0.6 is 0 Å². The number of ether oxygens (including phenoxy) is 1. The van der Waals surface area contributed by atoms with Gasteiger partial charge in [0.2, 0.25) is 0 Å². The standard InChI is InChI=1S/C17H24FN3O3/c1-4-24-17(23)21-8-7-14(11-21)19-16(22)20(3)10-13-6-5-12(2)15(18)9-13/h5-6,9,14H,4,7-8,10-11H2,1-3H3,(H,19,22)/t14-/m0/s1. The van der Waals surface area contributed by atoms with Crippen LogP contribution in [0.5, 0.6) is 0 Å². The number of amides is 3. The highest BCUT2D eigenvalue weighted by Crippen LogP contribution is 2.13. The summed E-state index contributed by atoms with van der Waals surface area (Å²) < 4.78 is 18.5. The molecule has 1 fully saturated rings. The molecule has 1 aliphatic rings. The Morgan fingerprint density at radius 3 is 2.88 bits per heavy atom. The molecule has 1 atom stereocenters. The minimum atomic E-state index is -0.349. The van der Waals surface area contributed by atoms with Crippen LogP contribution in [0.2, 0.25) is 0 Å². The van der Waals surface area contributed by atoms with E-state index in [0.29, 0.717) is 38.2 Å². The van der Waals surface area contributed by atoms with Gasteiger partial charge in [-0.3, -0.25) is 0 Å². The number of hydrogen-bond donors (Lipinski definition) is 1. The van der Waals surface area contributed by atoms with Gasteiger partial charge in [-0.25, -0.2) is 14.0 Å². The van der Waals surface area contributed by atoms with Gasteiger partial charge in [0, 0.05) is 32.7 Å². The summed E-state index contributed by atoms with van der Waals surface area (Å²) in [5.74, 6) is -0.276. The number of carbonyl (C=O) groups excluding carboxylic acids is 2. The average Bonchev–Trinajstić information content (AvgIpc) is 2.99. The monoisotopic (exact) mass is 337 g/mol. The predicted octanol–water partition coefficient (Wildman–Crippen LogP) is 2.51. The van der Waals surface area contributed by atoms with Crippen molar-refractivity contribution in [3.8, 4) is 0 Å². The Morgan fingerprint density at radius 1 is 1.46 bits per heavy atom. The van der Waals surface area contributed by atoms with Crippen molar-refractivity contribution in [1.29, 1.82) is 0 Å². The van der Waals surface area contributed by atoms with Crippen molar-refractivity contribution >= 4 is 12.1 Å². The quantitative estimate of drug-likeness (QED) is 0.918. The van der Waals surface area contributed by atoms with Gasteiger partial charge < -0.3 is 19.9 Å². The van der Waals surface area contributed by atoms with Crippen LogP contribution in [-0.2, 0) is 11.3 Å². The number of benzene rings is 1. The SMILES string of the molecule is CCOC(=O)N1CC[C@H](NC(=O)N(C)Cc2ccc(C)c(F)c2)C1. The van der Waals surface area contributed by atoms with Gasteiger partial charge in [-0.05, 0) is 37.5 Å². The van der Waals surface area contributed by atoms with Crippen molar-refractivity contribution < 1.29 is 18.7 Å². The highest BCUT2D eigenvalue weighted by atomic mass is 19.1. The summed E-state index contributed by atoms with van der Waals surface area (Å²) in [6, 6.07) is 4.60. The molecular weight excluding hydrogens is 313 g/mol. The first-order valence-electron chi connectivity index (χ1n) is 8.09. The fraction of sp³-hybridized carbons (Fsp3) is 0.529. The fourth-order valence-corrected chi connectivity index (χ4v) is 2.62. The zero-order chi connectivity index (χ0) is 17.7. The Bertz CT molecular complexity index is 609. The van der Waals surface area contributed by atoms with E-state index in [0.717, 1.165) is 5.56 Å². The lowest BCUT2D eigenvalue weighted by molar-refractivity contribution is 0.115. The molecule has 0 bridgehead atoms. The molecule has 0 unspecified atom stereocenters. The van der Waals surface area contributed by atoms with Gasteiger partial charge in [-0.1, -0.05) is 12.1 Å². The van der Waals surface area contributed by atoms with Crippen molar-refractivity contribution in [3.05, 3.63) is 35.1 Å². The molecule has 0 spiro atoms. The summed E-state index contributed by atoms with van der Waals surface area (Å²) in [4.78, 5) is 27.0. The van der Waals surface area contributed by atoms with Crippen LogP contribution in [0.3, 0.4) is 0 Å². The van der Waals surface area contributed by atoms with Gasteiger partial charge in [-0.2, -0.15) is 0 Å². The van der Waals surface area contributed by atoms with E-state index in [1.165, 1.54) is 11.0 Å². The molecule has 7 heteroatoms. The minimum absolute atomic E-state index is 0.0980. The minimum Gasteiger partial charge on any atom is -0.450 e. The van der Waals surface area contributed by atoms with E-state index < -0.39 is 0 Å². The van der Waals surface area contributed by atoms with Crippen LogP contribution in [0.1, 0.15) is 24.5 Å². The number of carbonyl (C=O) groups is 2. The topological polar surface area (TPSA) is 61.9 Å². The molecule has 1 N–H and O–H groups in total. The van der Waals surface area contributed by atoms with E-state index in [4.69, 9.17) is 4.74 Å². The van der Waals surface area contributed by atoms with Crippen molar-refractivity contribution in [2.75, 3.05) is 26.7 Å². The molecule has 0 aromatic heterocycles. The molecule has 24 heavy (non-hydrogen) atoms. The summed E-state index contributed by atoms with van der Waals surface area (Å²) >= 11 is 0. The van der Waals surface area contributed by atoms with E-state index in [2.05, 4.69) is 5.32 Å². The van der Waals surface area contributed by atoms with Gasteiger partial charge >= 0.3 is 12.1 Å². The molecule has 3 amide bonds. The van der Waals surface area contributed by atoms with Crippen molar-refractivity contribution in [2.45, 2.75) is 32.9 Å². The number of urea groups is 1. The molecule has 0 aliphatic carbocycles. The summed E-state index contributed by atoms with van der Waals surface area (Å²) in [6.45, 7) is 5.12. The number of nitrogens with one attached hydrogen (secondary N) is 1. The number of rotatable bonds is 4. The summed E-state index contributed by atoms with van der Waals surface area (Å²) in [7, 11) is 1.66. The third-order valence-corrected chi connectivity index (χ3v) is 4.04. The lowest BCUT2D eigenvalue weighted by Gasteiger charge is -2.21. The largest absolute Gasteiger partial charge is 0.450 e. The predicted molar refractivity (Wildman–Crippen MR) is 88.1 cm³/mol. The summed E-state index contributed by atoms with van der Waals surface area (Å²) in [5, 5.41) is 2.90. The van der Waals surface area contributed by atoms with Gasteiger partial charge in [0.15, 0.2) is 0 Å². The van der Waals surface area contributed by atoms with Gasteiger partial charge in [0.1, 0.15) is 5.82 Å². The van der Waals surface area contributed by atoms with Crippen LogP contribution in [0.4, 0.5) is 14.0 Å². The van der Waals surface area contributed by atoms with E-state index in [9.17, 15) is 14.0 Å². The van der Waals surface area contributed by atoms with Gasteiger partial charge in [0.25, 0.3) is 0 Å². The maximum absolute atomic E-state index is 13.6. The van der Waals surface area contributed by atoms with E-state index in [1.807, 2.05) is 0 Å². The number of aryl methyl sites for hydroxylation is 1. The van der Waals surface area contributed by atoms with Crippen LogP contribution in [0.15, 0.2) is 18.2 Å². The molecule has 1 aliphatic heterocycles. The smallest absolute Gasteiger partial charge is 0.409 e. The third kappa shape index (κ3) is 4.59. The Labute approximate surface area is 141 Å². The van der Waals surface area contributed by atoms with Crippen molar-refractivity contribution in [2.24, 2.45) is 0 Å². The second-order valence-electron chi connectivity index (χ2n) is 6.02. The molecule has 1 saturated heterocycles. The highest BCUT2D eigenvalue weighted by Gasteiger charge is 2.28. The number of halogens is 1. The molecule has 2 rings (SSSR count). The first-order valence-corrected chi connectivity index (χ1v) is 8.09. The molecule has 0 saturated carbocycles. The Morgan fingerprint density at radius 2 is 2.21 bits per heavy atom. The second-order valence-corrected chi connectivity index (χ2v) is 6.02. The second kappa shape index (κ2) is 7.99. The van der Waals surface area contributed by atoms with Crippen LogP contribution in [0.25, 0.3) is 0 Å². The van der Waals surface area contributed by atoms with Gasteiger partial charge in [-0.15, -0.1) is 0 Å². The molecule has 132 valence electrons.